The van der Waals surface area contributed by atoms with Crippen molar-refractivity contribution in [3.05, 3.63) is 29.8 Å². The predicted molar refractivity (Wildman–Crippen MR) is 70.3 cm³/mol. The van der Waals surface area contributed by atoms with Crippen molar-refractivity contribution >= 4 is 20.9 Å². The van der Waals surface area contributed by atoms with Gasteiger partial charge in [-0.05, 0) is 31.9 Å². The molecule has 2 unspecified atom stereocenters. The van der Waals surface area contributed by atoms with Gasteiger partial charge in [0.25, 0.3) is 10.1 Å². The Morgan fingerprint density at radius 2 is 1.94 bits per heavy atom. The Hall–Kier alpha value is -0.720. The van der Waals surface area contributed by atoms with Crippen LogP contribution in [-0.2, 0) is 25.1 Å². The fraction of sp³-hybridized carbons (Fsp3) is 0.500. The van der Waals surface area contributed by atoms with Gasteiger partial charge in [0, 0.05) is 16.6 Å². The van der Waals surface area contributed by atoms with E-state index < -0.39 is 27.0 Å². The van der Waals surface area contributed by atoms with E-state index in [1.165, 1.54) is 12.1 Å². The number of aryl methyl sites for hydroxylation is 1. The highest BCUT2D eigenvalue weighted by Crippen LogP contribution is 2.20. The van der Waals surface area contributed by atoms with E-state index >= 15 is 0 Å². The van der Waals surface area contributed by atoms with Crippen LogP contribution in [0.15, 0.2) is 29.2 Å². The van der Waals surface area contributed by atoms with Crippen LogP contribution in [0.5, 0.6) is 0 Å². The lowest BCUT2D eigenvalue weighted by Crippen LogP contribution is -2.29. The lowest BCUT2D eigenvalue weighted by atomic mass is 10.2. The molecule has 1 aromatic carbocycles. The summed E-state index contributed by atoms with van der Waals surface area (Å²) in [6.07, 6.45) is 0.947. The van der Waals surface area contributed by atoms with E-state index in [1.54, 1.807) is 12.1 Å². The molecule has 1 heterocycles. The number of hydrogen-bond donors (Lipinski definition) is 0. The summed E-state index contributed by atoms with van der Waals surface area (Å²) < 4.78 is 40.5. The van der Waals surface area contributed by atoms with Crippen LogP contribution in [-0.4, -0.2) is 30.2 Å². The molecule has 1 aliphatic heterocycles. The van der Waals surface area contributed by atoms with Gasteiger partial charge in [0.05, 0.1) is 16.8 Å². The molecule has 0 radical (unpaired) electrons. The summed E-state index contributed by atoms with van der Waals surface area (Å²) in [6, 6.07) is 6.53. The molecule has 6 heteroatoms. The summed E-state index contributed by atoms with van der Waals surface area (Å²) in [6.45, 7) is 1.89. The van der Waals surface area contributed by atoms with Gasteiger partial charge in [0.2, 0.25) is 0 Å². The van der Waals surface area contributed by atoms with Gasteiger partial charge in [-0.1, -0.05) is 17.7 Å². The van der Waals surface area contributed by atoms with Crippen molar-refractivity contribution in [2.24, 2.45) is 0 Å². The van der Waals surface area contributed by atoms with Crippen LogP contribution in [0.25, 0.3) is 0 Å². The van der Waals surface area contributed by atoms with Gasteiger partial charge in [-0.15, -0.1) is 0 Å². The fourth-order valence-electron chi connectivity index (χ4n) is 1.86. The number of hydrogen-bond acceptors (Lipinski definition) is 4. The van der Waals surface area contributed by atoms with Crippen molar-refractivity contribution in [1.82, 2.24) is 0 Å². The SMILES string of the molecule is Cc1ccc(S(=O)(=O)OC2CCCS(=O)C2)cc1. The molecule has 1 fully saturated rings. The van der Waals surface area contributed by atoms with Crippen LogP contribution in [0, 0.1) is 6.92 Å². The van der Waals surface area contributed by atoms with Gasteiger partial charge < -0.3 is 0 Å². The lowest BCUT2D eigenvalue weighted by Gasteiger charge is -2.21. The van der Waals surface area contributed by atoms with E-state index in [0.29, 0.717) is 17.9 Å². The van der Waals surface area contributed by atoms with Crippen LogP contribution in [0.4, 0.5) is 0 Å². The van der Waals surface area contributed by atoms with Gasteiger partial charge >= 0.3 is 0 Å². The summed E-state index contributed by atoms with van der Waals surface area (Å²) >= 11 is 0. The van der Waals surface area contributed by atoms with E-state index in [0.717, 1.165) is 12.0 Å². The minimum atomic E-state index is -3.73. The second-order valence-corrected chi connectivity index (χ2v) is 7.63. The molecule has 1 saturated heterocycles. The molecular weight excluding hydrogens is 272 g/mol. The molecule has 0 spiro atoms. The van der Waals surface area contributed by atoms with Gasteiger partial charge in [-0.2, -0.15) is 8.42 Å². The van der Waals surface area contributed by atoms with Crippen molar-refractivity contribution in [1.29, 1.82) is 0 Å². The van der Waals surface area contributed by atoms with Crippen molar-refractivity contribution in [3.8, 4) is 0 Å². The Labute approximate surface area is 110 Å². The van der Waals surface area contributed by atoms with E-state index in [2.05, 4.69) is 0 Å². The topological polar surface area (TPSA) is 60.4 Å². The van der Waals surface area contributed by atoms with E-state index in [4.69, 9.17) is 4.18 Å². The second-order valence-electron chi connectivity index (χ2n) is 4.44. The van der Waals surface area contributed by atoms with Crippen molar-refractivity contribution in [2.75, 3.05) is 11.5 Å². The largest absolute Gasteiger partial charge is 0.297 e. The average molecular weight is 288 g/mol. The molecular formula is C12H16O4S2. The maximum atomic E-state index is 12.0. The summed E-state index contributed by atoms with van der Waals surface area (Å²) in [4.78, 5) is 0.157. The summed E-state index contributed by atoms with van der Waals surface area (Å²) in [5.74, 6) is 0.954. The van der Waals surface area contributed by atoms with Crippen LogP contribution in [0.3, 0.4) is 0 Å². The minimum Gasteiger partial charge on any atom is -0.262 e. The van der Waals surface area contributed by atoms with Crippen LogP contribution in [0.2, 0.25) is 0 Å². The van der Waals surface area contributed by atoms with Gasteiger partial charge in [0.15, 0.2) is 0 Å². The van der Waals surface area contributed by atoms with Crippen LogP contribution in [0.1, 0.15) is 18.4 Å². The quantitative estimate of drug-likeness (QED) is 0.793. The van der Waals surface area contributed by atoms with Crippen molar-refractivity contribution in [3.63, 3.8) is 0 Å². The first kappa shape index (κ1) is 13.7. The molecule has 0 bridgehead atoms. The highest BCUT2D eigenvalue weighted by Gasteiger charge is 2.26. The predicted octanol–water partition coefficient (Wildman–Crippen LogP) is 1.61. The van der Waals surface area contributed by atoms with Gasteiger partial charge in [0.1, 0.15) is 0 Å². The van der Waals surface area contributed by atoms with E-state index in [9.17, 15) is 12.6 Å². The zero-order valence-electron chi connectivity index (χ0n) is 10.2. The molecule has 0 N–H and O–H groups in total. The van der Waals surface area contributed by atoms with Gasteiger partial charge in [-0.25, -0.2) is 0 Å². The zero-order chi connectivity index (χ0) is 13.2. The summed E-state index contributed by atoms with van der Waals surface area (Å²) in [5.41, 5.74) is 0.993. The van der Waals surface area contributed by atoms with Crippen molar-refractivity contribution < 1.29 is 16.8 Å². The molecule has 18 heavy (non-hydrogen) atoms. The first-order chi connectivity index (χ1) is 8.47. The maximum absolute atomic E-state index is 12.0. The van der Waals surface area contributed by atoms with Gasteiger partial charge in [-0.3, -0.25) is 8.39 Å². The average Bonchev–Trinajstić information content (AvgIpc) is 2.29. The third-order valence-corrected chi connectivity index (χ3v) is 5.70. The first-order valence-electron chi connectivity index (χ1n) is 5.82. The smallest absolute Gasteiger partial charge is 0.262 e. The molecule has 0 amide bonds. The molecule has 0 saturated carbocycles. The summed E-state index contributed by atoms with van der Waals surface area (Å²) in [7, 11) is -4.69. The Morgan fingerprint density at radius 3 is 2.56 bits per heavy atom. The molecule has 100 valence electrons. The molecule has 0 aliphatic carbocycles. The van der Waals surface area contributed by atoms with Crippen molar-refractivity contribution in [2.45, 2.75) is 30.8 Å². The lowest BCUT2D eigenvalue weighted by molar-refractivity contribution is 0.217. The third kappa shape index (κ3) is 3.40. The highest BCUT2D eigenvalue weighted by molar-refractivity contribution is 7.87. The zero-order valence-corrected chi connectivity index (χ0v) is 11.8. The monoisotopic (exact) mass is 288 g/mol. The second kappa shape index (κ2) is 5.50. The normalized spacial score (nSPS) is 24.9. The summed E-state index contributed by atoms with van der Waals surface area (Å²) in [5, 5.41) is 0. The number of rotatable bonds is 3. The maximum Gasteiger partial charge on any atom is 0.297 e. The Balaban J connectivity index is 2.11. The highest BCUT2D eigenvalue weighted by atomic mass is 32.2. The van der Waals surface area contributed by atoms with E-state index in [1.807, 2.05) is 6.92 Å². The fourth-order valence-corrected chi connectivity index (χ4v) is 4.36. The Kier molecular flexibility index (Phi) is 4.19. The molecule has 1 aromatic rings. The number of benzene rings is 1. The first-order valence-corrected chi connectivity index (χ1v) is 8.72. The minimum absolute atomic E-state index is 0.157. The van der Waals surface area contributed by atoms with Crippen LogP contribution >= 0.6 is 0 Å². The molecule has 0 aromatic heterocycles. The van der Waals surface area contributed by atoms with E-state index in [-0.39, 0.29) is 4.90 Å². The molecule has 2 atom stereocenters. The molecule has 2 rings (SSSR count). The standard InChI is InChI=1S/C12H16O4S2/c1-10-4-6-12(7-5-10)18(14,15)16-11-3-2-8-17(13)9-11/h4-7,11H,2-3,8-9H2,1H3. The third-order valence-electron chi connectivity index (χ3n) is 2.84. The van der Waals surface area contributed by atoms with Crippen LogP contribution < -0.4 is 0 Å². The molecule has 1 aliphatic rings. The molecule has 4 nitrogen and oxygen atoms in total. The Morgan fingerprint density at radius 1 is 1.28 bits per heavy atom. The Bertz CT molecular complexity index is 534.